The van der Waals surface area contributed by atoms with E-state index in [4.69, 9.17) is 15.2 Å². The number of fused-ring (bicyclic) bond motifs is 1. The number of carbonyl (C=O) groups excluding carboxylic acids is 2. The van der Waals surface area contributed by atoms with Gasteiger partial charge >= 0.3 is 5.97 Å². The van der Waals surface area contributed by atoms with Gasteiger partial charge in [-0.2, -0.15) is 0 Å². The smallest absolute Gasteiger partial charge is 0.309 e. The fourth-order valence-corrected chi connectivity index (χ4v) is 5.45. The number of cyclic esters (lactones) is 1. The number of Topliss-reactive ketones (excluding diaryl/α,β-unsaturated/α-hetero) is 1. The van der Waals surface area contributed by atoms with Gasteiger partial charge in [-0.1, -0.05) is 34.1 Å². The lowest BCUT2D eigenvalue weighted by Crippen LogP contribution is -2.45. The van der Waals surface area contributed by atoms with Crippen LogP contribution in [0.5, 0.6) is 0 Å². The molecule has 9 heteroatoms. The summed E-state index contributed by atoms with van der Waals surface area (Å²) in [6, 6.07) is 0. The van der Waals surface area contributed by atoms with Gasteiger partial charge in [-0.3, -0.25) is 9.59 Å². The van der Waals surface area contributed by atoms with E-state index in [-0.39, 0.29) is 30.3 Å². The SMILES string of the molecule is CC(=Cc1csc(CN)n1)[C@H]1C[C@@H]2O[C@H]2CCC[C@@H](C)[C@@H](O)[C@H](C)C(=O)C(C)(C)[C@H](O)CC(=O)O1. The van der Waals surface area contributed by atoms with Gasteiger partial charge in [0, 0.05) is 24.3 Å². The molecule has 196 valence electrons. The zero-order chi connectivity index (χ0) is 25.9. The van der Waals surface area contributed by atoms with Crippen molar-refractivity contribution in [1.29, 1.82) is 0 Å². The van der Waals surface area contributed by atoms with Gasteiger partial charge in [0.15, 0.2) is 0 Å². The predicted molar refractivity (Wildman–Crippen MR) is 134 cm³/mol. The number of carbonyl (C=O) groups is 2. The number of nitrogens with two attached hydrogens (primary N) is 1. The van der Waals surface area contributed by atoms with Crippen LogP contribution in [0.2, 0.25) is 0 Å². The highest BCUT2D eigenvalue weighted by Gasteiger charge is 2.44. The molecular weight excluding hydrogens is 468 g/mol. The van der Waals surface area contributed by atoms with Crippen LogP contribution >= 0.6 is 11.3 Å². The Kier molecular flexibility index (Phi) is 9.26. The molecule has 0 aliphatic carbocycles. The number of aromatic nitrogens is 1. The molecule has 8 nitrogen and oxygen atoms in total. The van der Waals surface area contributed by atoms with Crippen molar-refractivity contribution < 1.29 is 29.3 Å². The van der Waals surface area contributed by atoms with Crippen LogP contribution in [0.25, 0.3) is 6.08 Å². The molecule has 2 fully saturated rings. The highest BCUT2D eigenvalue weighted by Crippen LogP contribution is 2.36. The quantitative estimate of drug-likeness (QED) is 0.418. The maximum atomic E-state index is 13.2. The average Bonchev–Trinajstić information content (AvgIpc) is 3.38. The maximum Gasteiger partial charge on any atom is 0.309 e. The van der Waals surface area contributed by atoms with E-state index >= 15 is 0 Å². The first-order valence-corrected chi connectivity index (χ1v) is 13.4. The standard InChI is InChI=1S/C26H40N2O6S/c1-14-7-6-8-18-20(33-18)10-19(15(2)9-17-13-35-22(12-27)28-17)34-23(30)11-21(29)26(4,5)25(32)16(3)24(14)31/h9,13-14,16,18-21,24,29,31H,6-8,10-12,27H2,1-5H3/t14-,16+,18+,19-,20+,21-,24-/m1/s1. The van der Waals surface area contributed by atoms with Crippen LogP contribution in [0, 0.1) is 17.3 Å². The van der Waals surface area contributed by atoms with Crippen molar-refractivity contribution in [2.75, 3.05) is 0 Å². The molecule has 2 aliphatic rings. The van der Waals surface area contributed by atoms with Crippen LogP contribution in [-0.2, 0) is 25.6 Å². The third-order valence-electron chi connectivity index (χ3n) is 7.52. The van der Waals surface area contributed by atoms with Gasteiger partial charge in [0.25, 0.3) is 0 Å². The Labute approximate surface area is 211 Å². The molecule has 0 aromatic carbocycles. The van der Waals surface area contributed by atoms with Gasteiger partial charge in [0.1, 0.15) is 16.9 Å². The van der Waals surface area contributed by atoms with E-state index in [1.54, 1.807) is 20.8 Å². The number of ketones is 1. The highest BCUT2D eigenvalue weighted by molar-refractivity contribution is 7.09. The van der Waals surface area contributed by atoms with Gasteiger partial charge in [0.05, 0.1) is 41.9 Å². The fraction of sp³-hybridized carbons (Fsp3) is 0.731. The summed E-state index contributed by atoms with van der Waals surface area (Å²) in [5, 5.41) is 24.3. The Hall–Kier alpha value is -1.65. The third-order valence-corrected chi connectivity index (χ3v) is 8.41. The second-order valence-corrected chi connectivity index (χ2v) is 11.6. The van der Waals surface area contributed by atoms with Crippen molar-refractivity contribution >= 4 is 29.2 Å². The molecule has 4 N–H and O–H groups in total. The Morgan fingerprint density at radius 1 is 1.26 bits per heavy atom. The van der Waals surface area contributed by atoms with E-state index < -0.39 is 35.6 Å². The molecule has 35 heavy (non-hydrogen) atoms. The van der Waals surface area contributed by atoms with Crippen molar-refractivity contribution in [3.05, 3.63) is 21.7 Å². The monoisotopic (exact) mass is 508 g/mol. The first kappa shape index (κ1) is 27.9. The van der Waals surface area contributed by atoms with Crippen molar-refractivity contribution in [3.63, 3.8) is 0 Å². The van der Waals surface area contributed by atoms with Crippen LogP contribution in [0.1, 0.15) is 77.4 Å². The van der Waals surface area contributed by atoms with E-state index in [2.05, 4.69) is 4.98 Å². The largest absolute Gasteiger partial charge is 0.458 e. The van der Waals surface area contributed by atoms with E-state index in [0.717, 1.165) is 35.5 Å². The number of epoxide rings is 1. The fourth-order valence-electron chi connectivity index (χ4n) is 4.82. The number of thiazole rings is 1. The van der Waals surface area contributed by atoms with E-state index in [1.807, 2.05) is 25.3 Å². The Morgan fingerprint density at radius 3 is 2.63 bits per heavy atom. The second-order valence-electron chi connectivity index (χ2n) is 10.7. The molecule has 0 spiro atoms. The lowest BCUT2D eigenvalue weighted by molar-refractivity contribution is -0.154. The zero-order valence-corrected chi connectivity index (χ0v) is 22.2. The van der Waals surface area contributed by atoms with Gasteiger partial charge in [-0.25, -0.2) is 4.98 Å². The van der Waals surface area contributed by atoms with Gasteiger partial charge in [-0.15, -0.1) is 11.3 Å². The Balaban J connectivity index is 1.81. The summed E-state index contributed by atoms with van der Waals surface area (Å²) in [5.74, 6) is -1.56. The van der Waals surface area contributed by atoms with E-state index in [1.165, 1.54) is 11.3 Å². The van der Waals surface area contributed by atoms with Crippen LogP contribution in [-0.4, -0.2) is 57.5 Å². The van der Waals surface area contributed by atoms with Crippen molar-refractivity contribution in [3.8, 4) is 0 Å². The van der Waals surface area contributed by atoms with Crippen molar-refractivity contribution in [2.24, 2.45) is 23.0 Å². The minimum atomic E-state index is -1.24. The van der Waals surface area contributed by atoms with Gasteiger partial charge < -0.3 is 25.4 Å². The Bertz CT molecular complexity index is 929. The molecule has 0 bridgehead atoms. The second kappa shape index (κ2) is 11.6. The predicted octanol–water partition coefficient (Wildman–Crippen LogP) is 3.24. The topological polar surface area (TPSA) is 135 Å². The van der Waals surface area contributed by atoms with Crippen molar-refractivity contribution in [1.82, 2.24) is 4.98 Å². The zero-order valence-electron chi connectivity index (χ0n) is 21.4. The summed E-state index contributed by atoms with van der Waals surface area (Å²) in [6.07, 6.45) is 2.08. The molecule has 0 unspecified atom stereocenters. The summed E-state index contributed by atoms with van der Waals surface area (Å²) in [5.41, 5.74) is 6.06. The molecule has 0 saturated carbocycles. The first-order valence-electron chi connectivity index (χ1n) is 12.5. The van der Waals surface area contributed by atoms with Crippen LogP contribution < -0.4 is 5.73 Å². The van der Waals surface area contributed by atoms with E-state index in [9.17, 15) is 19.8 Å². The van der Waals surface area contributed by atoms with Gasteiger partial charge in [-0.05, 0) is 37.3 Å². The number of rotatable bonds is 3. The summed E-state index contributed by atoms with van der Waals surface area (Å²) < 4.78 is 11.7. The first-order chi connectivity index (χ1) is 16.4. The van der Waals surface area contributed by atoms with E-state index in [0.29, 0.717) is 13.0 Å². The Morgan fingerprint density at radius 2 is 1.97 bits per heavy atom. The number of esters is 1. The minimum absolute atomic E-state index is 0.0128. The lowest BCUT2D eigenvalue weighted by atomic mass is 9.73. The molecular formula is C26H40N2O6S. The molecule has 2 aliphatic heterocycles. The van der Waals surface area contributed by atoms with Crippen LogP contribution in [0.3, 0.4) is 0 Å². The average molecular weight is 509 g/mol. The van der Waals surface area contributed by atoms with Crippen molar-refractivity contribution in [2.45, 2.75) is 104 Å². The summed E-state index contributed by atoms with van der Waals surface area (Å²) >= 11 is 1.48. The summed E-state index contributed by atoms with van der Waals surface area (Å²) in [6.45, 7) is 9.14. The highest BCUT2D eigenvalue weighted by atomic mass is 32.1. The summed E-state index contributed by atoms with van der Waals surface area (Å²) in [4.78, 5) is 30.5. The molecule has 0 amide bonds. The maximum absolute atomic E-state index is 13.2. The number of aliphatic hydroxyl groups excluding tert-OH is 2. The molecule has 3 heterocycles. The number of aliphatic hydroxyl groups is 2. The number of nitrogens with zero attached hydrogens (tertiary/aromatic N) is 1. The lowest BCUT2D eigenvalue weighted by Gasteiger charge is -2.34. The molecule has 3 rings (SSSR count). The molecule has 2 saturated heterocycles. The molecule has 7 atom stereocenters. The van der Waals surface area contributed by atoms with Crippen LogP contribution in [0.15, 0.2) is 11.0 Å². The summed E-state index contributed by atoms with van der Waals surface area (Å²) in [7, 11) is 0. The number of ether oxygens (including phenoxy) is 2. The number of hydrogen-bond donors (Lipinski definition) is 3. The molecule has 1 aromatic rings. The number of hydrogen-bond acceptors (Lipinski definition) is 9. The van der Waals surface area contributed by atoms with Gasteiger partial charge in [0.2, 0.25) is 0 Å². The molecule has 1 aromatic heterocycles. The normalized spacial score (nSPS) is 35.3. The third kappa shape index (κ3) is 6.98. The minimum Gasteiger partial charge on any atom is -0.458 e. The van der Waals surface area contributed by atoms with Crippen LogP contribution in [0.4, 0.5) is 0 Å². The molecule has 0 radical (unpaired) electrons.